The standard InChI is InChI=1S/C20H21N5O2S2/c1-12-7-13(2)9-16(8-12)27-14(3)18-23-24-20(25(18)4)29-11-17(26)22-19-15(10-21)5-6-28-19/h5-9,14H,11H2,1-4H3,(H,22,26). The van der Waals surface area contributed by atoms with Crippen molar-refractivity contribution in [3.05, 3.63) is 52.2 Å². The molecular weight excluding hydrogens is 406 g/mol. The molecule has 150 valence electrons. The molecule has 0 aliphatic carbocycles. The van der Waals surface area contributed by atoms with E-state index in [1.54, 1.807) is 11.4 Å². The van der Waals surface area contributed by atoms with Crippen molar-refractivity contribution in [1.82, 2.24) is 14.8 Å². The fraction of sp³-hybridized carbons (Fsp3) is 0.300. The van der Waals surface area contributed by atoms with Crippen molar-refractivity contribution in [2.45, 2.75) is 32.0 Å². The molecule has 1 aromatic carbocycles. The molecule has 0 saturated carbocycles. The van der Waals surface area contributed by atoms with E-state index < -0.39 is 0 Å². The summed E-state index contributed by atoms with van der Waals surface area (Å²) in [6.45, 7) is 5.98. The predicted octanol–water partition coefficient (Wildman–Crippen LogP) is 4.24. The number of aryl methyl sites for hydroxylation is 2. The molecule has 7 nitrogen and oxygen atoms in total. The number of thiophene rings is 1. The van der Waals surface area contributed by atoms with Gasteiger partial charge < -0.3 is 14.6 Å². The number of hydrogen-bond acceptors (Lipinski definition) is 7. The summed E-state index contributed by atoms with van der Waals surface area (Å²) in [5.41, 5.74) is 2.74. The van der Waals surface area contributed by atoms with E-state index in [2.05, 4.69) is 27.6 Å². The molecule has 2 heterocycles. The zero-order valence-corrected chi connectivity index (χ0v) is 18.2. The average Bonchev–Trinajstić information content (AvgIpc) is 3.25. The smallest absolute Gasteiger partial charge is 0.235 e. The number of ether oxygens (including phenoxy) is 1. The van der Waals surface area contributed by atoms with Gasteiger partial charge in [-0.15, -0.1) is 21.5 Å². The van der Waals surface area contributed by atoms with Gasteiger partial charge in [0.25, 0.3) is 0 Å². The number of carbonyl (C=O) groups is 1. The van der Waals surface area contributed by atoms with E-state index in [0.29, 0.717) is 21.5 Å². The first-order valence-corrected chi connectivity index (χ1v) is 10.8. The molecule has 0 fully saturated rings. The number of aromatic nitrogens is 3. The van der Waals surface area contributed by atoms with Gasteiger partial charge in [-0.1, -0.05) is 17.8 Å². The van der Waals surface area contributed by atoms with Crippen molar-refractivity contribution in [3.63, 3.8) is 0 Å². The molecule has 29 heavy (non-hydrogen) atoms. The number of carbonyl (C=O) groups excluding carboxylic acids is 1. The number of benzene rings is 1. The SMILES string of the molecule is Cc1cc(C)cc(OC(C)c2nnc(SCC(=O)Nc3sccc3C#N)n2C)c1. The van der Waals surface area contributed by atoms with Crippen LogP contribution in [0.2, 0.25) is 0 Å². The van der Waals surface area contributed by atoms with E-state index in [1.165, 1.54) is 23.1 Å². The summed E-state index contributed by atoms with van der Waals surface area (Å²) in [6, 6.07) is 9.80. The molecule has 1 unspecified atom stereocenters. The second-order valence-corrected chi connectivity index (χ2v) is 8.45. The second kappa shape index (κ2) is 9.11. The number of nitrogens with one attached hydrogen (secondary N) is 1. The number of anilines is 1. The van der Waals surface area contributed by atoms with Crippen LogP contribution in [-0.4, -0.2) is 26.4 Å². The third-order valence-corrected chi connectivity index (χ3v) is 5.96. The molecule has 1 amide bonds. The van der Waals surface area contributed by atoms with Crippen LogP contribution in [0.15, 0.2) is 34.8 Å². The van der Waals surface area contributed by atoms with E-state index in [9.17, 15) is 4.79 Å². The topological polar surface area (TPSA) is 92.8 Å². The molecule has 1 N–H and O–H groups in total. The van der Waals surface area contributed by atoms with Crippen molar-refractivity contribution in [3.8, 4) is 11.8 Å². The lowest BCUT2D eigenvalue weighted by Gasteiger charge is -2.15. The van der Waals surface area contributed by atoms with E-state index in [1.807, 2.05) is 44.5 Å². The maximum atomic E-state index is 12.2. The van der Waals surface area contributed by atoms with Crippen LogP contribution in [0, 0.1) is 25.2 Å². The molecule has 3 rings (SSSR count). The van der Waals surface area contributed by atoms with Crippen molar-refractivity contribution >= 4 is 34.0 Å². The largest absolute Gasteiger partial charge is 0.483 e. The average molecular weight is 428 g/mol. The first-order valence-electron chi connectivity index (χ1n) is 8.92. The van der Waals surface area contributed by atoms with Crippen molar-refractivity contribution in [2.75, 3.05) is 11.1 Å². The maximum Gasteiger partial charge on any atom is 0.235 e. The zero-order chi connectivity index (χ0) is 21.0. The minimum absolute atomic E-state index is 0.168. The Kier molecular flexibility index (Phi) is 6.56. The Labute approximate surface area is 177 Å². The van der Waals surface area contributed by atoms with Gasteiger partial charge in [0.05, 0.1) is 11.3 Å². The zero-order valence-electron chi connectivity index (χ0n) is 16.6. The molecule has 0 aliphatic rings. The summed E-state index contributed by atoms with van der Waals surface area (Å²) in [5, 5.41) is 23.2. The molecule has 3 aromatic rings. The number of thioether (sulfide) groups is 1. The van der Waals surface area contributed by atoms with Gasteiger partial charge in [-0.3, -0.25) is 4.79 Å². The van der Waals surface area contributed by atoms with Crippen LogP contribution in [0.5, 0.6) is 5.75 Å². The lowest BCUT2D eigenvalue weighted by Crippen LogP contribution is -2.14. The fourth-order valence-electron chi connectivity index (χ4n) is 2.85. The first kappa shape index (κ1) is 20.9. The van der Waals surface area contributed by atoms with Gasteiger partial charge in [-0.2, -0.15) is 5.26 Å². The minimum atomic E-state index is -0.291. The van der Waals surface area contributed by atoms with Gasteiger partial charge in [-0.25, -0.2) is 0 Å². The Hall–Kier alpha value is -2.83. The van der Waals surface area contributed by atoms with Crippen molar-refractivity contribution in [2.24, 2.45) is 7.05 Å². The van der Waals surface area contributed by atoms with E-state index in [-0.39, 0.29) is 17.8 Å². The van der Waals surface area contributed by atoms with Crippen LogP contribution in [0.4, 0.5) is 5.00 Å². The normalized spacial score (nSPS) is 11.7. The third-order valence-electron chi connectivity index (χ3n) is 4.11. The fourth-order valence-corrected chi connectivity index (χ4v) is 4.32. The van der Waals surface area contributed by atoms with Gasteiger partial charge in [0, 0.05) is 7.05 Å². The molecule has 2 aromatic heterocycles. The highest BCUT2D eigenvalue weighted by atomic mass is 32.2. The quantitative estimate of drug-likeness (QED) is 0.567. The van der Waals surface area contributed by atoms with E-state index in [4.69, 9.17) is 10.00 Å². The molecule has 0 radical (unpaired) electrons. The van der Waals surface area contributed by atoms with Crippen LogP contribution in [0.25, 0.3) is 0 Å². The van der Waals surface area contributed by atoms with Crippen LogP contribution in [0.3, 0.4) is 0 Å². The Balaban J connectivity index is 1.61. The lowest BCUT2D eigenvalue weighted by molar-refractivity contribution is -0.113. The van der Waals surface area contributed by atoms with Gasteiger partial charge in [0.15, 0.2) is 17.1 Å². The molecule has 9 heteroatoms. The Bertz CT molecular complexity index is 1050. The first-order chi connectivity index (χ1) is 13.9. The van der Waals surface area contributed by atoms with Gasteiger partial charge in [-0.05, 0) is 55.5 Å². The van der Waals surface area contributed by atoms with Crippen LogP contribution < -0.4 is 10.1 Å². The molecule has 0 spiro atoms. The maximum absolute atomic E-state index is 12.2. The summed E-state index contributed by atoms with van der Waals surface area (Å²) in [7, 11) is 1.85. The molecule has 0 aliphatic heterocycles. The number of amides is 1. The van der Waals surface area contributed by atoms with Gasteiger partial charge in [0.1, 0.15) is 16.8 Å². The highest BCUT2D eigenvalue weighted by Crippen LogP contribution is 2.26. The van der Waals surface area contributed by atoms with Crippen LogP contribution >= 0.6 is 23.1 Å². The third kappa shape index (κ3) is 5.16. The lowest BCUT2D eigenvalue weighted by atomic mass is 10.1. The number of hydrogen-bond donors (Lipinski definition) is 1. The van der Waals surface area contributed by atoms with Gasteiger partial charge >= 0.3 is 0 Å². The Morgan fingerprint density at radius 3 is 2.76 bits per heavy atom. The van der Waals surface area contributed by atoms with Crippen LogP contribution in [0.1, 0.15) is 35.5 Å². The van der Waals surface area contributed by atoms with Crippen LogP contribution in [-0.2, 0) is 11.8 Å². The summed E-state index contributed by atoms with van der Waals surface area (Å²) in [6.07, 6.45) is -0.291. The predicted molar refractivity (Wildman–Crippen MR) is 114 cm³/mol. The Morgan fingerprint density at radius 1 is 1.34 bits per heavy atom. The molecule has 0 saturated heterocycles. The molecule has 0 bridgehead atoms. The summed E-state index contributed by atoms with van der Waals surface area (Å²) in [5.74, 6) is 1.44. The summed E-state index contributed by atoms with van der Waals surface area (Å²) >= 11 is 2.61. The highest BCUT2D eigenvalue weighted by Gasteiger charge is 2.18. The number of nitriles is 1. The minimum Gasteiger partial charge on any atom is -0.483 e. The second-order valence-electron chi connectivity index (χ2n) is 6.60. The summed E-state index contributed by atoms with van der Waals surface area (Å²) < 4.78 is 7.87. The van der Waals surface area contributed by atoms with Crippen molar-refractivity contribution < 1.29 is 9.53 Å². The molecule has 1 atom stereocenters. The summed E-state index contributed by atoms with van der Waals surface area (Å²) in [4.78, 5) is 12.2. The van der Waals surface area contributed by atoms with Gasteiger partial charge in [0.2, 0.25) is 5.91 Å². The van der Waals surface area contributed by atoms with Crippen molar-refractivity contribution in [1.29, 1.82) is 5.26 Å². The number of rotatable bonds is 7. The monoisotopic (exact) mass is 427 g/mol. The highest BCUT2D eigenvalue weighted by molar-refractivity contribution is 7.99. The van der Waals surface area contributed by atoms with E-state index >= 15 is 0 Å². The number of nitrogens with zero attached hydrogens (tertiary/aromatic N) is 4. The Morgan fingerprint density at radius 2 is 2.07 bits per heavy atom. The van der Waals surface area contributed by atoms with E-state index in [0.717, 1.165) is 16.9 Å². The molecular formula is C20H21N5O2S2.